The molecule has 0 spiro atoms. The SMILES string of the molecule is CCCC(C#N)C(O)c1ccc(N(C)C)cc1. The second kappa shape index (κ2) is 6.27. The van der Waals surface area contributed by atoms with Gasteiger partial charge in [0, 0.05) is 19.8 Å². The number of hydrogen-bond acceptors (Lipinski definition) is 3. The third-order valence-corrected chi connectivity index (χ3v) is 2.90. The Labute approximate surface area is 103 Å². The van der Waals surface area contributed by atoms with Crippen molar-refractivity contribution in [1.29, 1.82) is 5.26 Å². The first-order valence-corrected chi connectivity index (χ1v) is 5.95. The monoisotopic (exact) mass is 232 g/mol. The van der Waals surface area contributed by atoms with E-state index in [1.54, 1.807) is 0 Å². The molecule has 0 heterocycles. The first-order valence-electron chi connectivity index (χ1n) is 5.95. The molecule has 0 aliphatic carbocycles. The molecule has 1 aromatic carbocycles. The third-order valence-electron chi connectivity index (χ3n) is 2.90. The lowest BCUT2D eigenvalue weighted by atomic mass is 9.93. The standard InChI is InChI=1S/C14H20N2O/c1-4-5-12(10-15)14(17)11-6-8-13(9-7-11)16(2)3/h6-9,12,14,17H,4-5H2,1-3H3. The zero-order valence-corrected chi connectivity index (χ0v) is 10.7. The summed E-state index contributed by atoms with van der Waals surface area (Å²) in [5.74, 6) is -0.315. The van der Waals surface area contributed by atoms with E-state index in [-0.39, 0.29) is 5.92 Å². The number of benzene rings is 1. The summed E-state index contributed by atoms with van der Waals surface area (Å²) in [6.07, 6.45) is 0.953. The minimum absolute atomic E-state index is 0.315. The molecule has 3 heteroatoms. The van der Waals surface area contributed by atoms with Gasteiger partial charge in [-0.3, -0.25) is 0 Å². The third kappa shape index (κ3) is 3.47. The zero-order valence-electron chi connectivity index (χ0n) is 10.7. The van der Waals surface area contributed by atoms with Gasteiger partial charge in [-0.25, -0.2) is 0 Å². The molecule has 0 saturated heterocycles. The highest BCUT2D eigenvalue weighted by atomic mass is 16.3. The Morgan fingerprint density at radius 2 is 1.88 bits per heavy atom. The van der Waals surface area contributed by atoms with Crippen molar-refractivity contribution in [3.63, 3.8) is 0 Å². The lowest BCUT2D eigenvalue weighted by molar-refractivity contribution is 0.130. The van der Waals surface area contributed by atoms with Crippen LogP contribution in [0.25, 0.3) is 0 Å². The van der Waals surface area contributed by atoms with E-state index in [1.807, 2.05) is 50.2 Å². The average molecular weight is 232 g/mol. The van der Waals surface area contributed by atoms with Crippen LogP contribution in [0.15, 0.2) is 24.3 Å². The molecule has 0 fully saturated rings. The summed E-state index contributed by atoms with van der Waals surface area (Å²) in [4.78, 5) is 2.00. The second-order valence-electron chi connectivity index (χ2n) is 4.46. The van der Waals surface area contributed by atoms with Gasteiger partial charge in [0.2, 0.25) is 0 Å². The number of nitrogens with zero attached hydrogens (tertiary/aromatic N) is 2. The van der Waals surface area contributed by atoms with Crippen molar-refractivity contribution in [2.45, 2.75) is 25.9 Å². The summed E-state index contributed by atoms with van der Waals surface area (Å²) in [5, 5.41) is 19.1. The van der Waals surface area contributed by atoms with Gasteiger partial charge < -0.3 is 10.0 Å². The lowest BCUT2D eigenvalue weighted by Gasteiger charge is -2.18. The maximum atomic E-state index is 10.1. The van der Waals surface area contributed by atoms with E-state index in [0.717, 1.165) is 24.1 Å². The van der Waals surface area contributed by atoms with Gasteiger partial charge in [0.05, 0.1) is 18.1 Å². The molecule has 1 rings (SSSR count). The molecular weight excluding hydrogens is 212 g/mol. The summed E-state index contributed by atoms with van der Waals surface area (Å²) in [7, 11) is 3.95. The normalized spacial score (nSPS) is 13.8. The summed E-state index contributed by atoms with van der Waals surface area (Å²) in [6, 6.07) is 9.87. The maximum absolute atomic E-state index is 10.1. The molecule has 0 aliphatic heterocycles. The summed E-state index contributed by atoms with van der Waals surface area (Å²) in [5.41, 5.74) is 1.90. The smallest absolute Gasteiger partial charge is 0.0948 e. The molecule has 1 N–H and O–H groups in total. The summed E-state index contributed by atoms with van der Waals surface area (Å²) in [6.45, 7) is 2.02. The number of nitriles is 1. The van der Waals surface area contributed by atoms with E-state index in [0.29, 0.717) is 0 Å². The second-order valence-corrected chi connectivity index (χ2v) is 4.46. The Morgan fingerprint density at radius 3 is 2.29 bits per heavy atom. The molecule has 17 heavy (non-hydrogen) atoms. The fourth-order valence-electron chi connectivity index (χ4n) is 1.81. The maximum Gasteiger partial charge on any atom is 0.0948 e. The Bertz CT molecular complexity index is 378. The van der Waals surface area contributed by atoms with E-state index >= 15 is 0 Å². The molecule has 0 radical (unpaired) electrons. The number of aliphatic hydroxyl groups excluding tert-OH is 1. The molecule has 3 nitrogen and oxygen atoms in total. The molecule has 0 amide bonds. The molecule has 0 saturated carbocycles. The predicted octanol–water partition coefficient (Wildman–Crippen LogP) is 2.73. The highest BCUT2D eigenvalue weighted by molar-refractivity contribution is 5.46. The van der Waals surface area contributed by atoms with Gasteiger partial charge in [-0.1, -0.05) is 25.5 Å². The average Bonchev–Trinajstić information content (AvgIpc) is 2.35. The van der Waals surface area contributed by atoms with Crippen molar-refractivity contribution in [1.82, 2.24) is 0 Å². The molecule has 0 bridgehead atoms. The largest absolute Gasteiger partial charge is 0.387 e. The van der Waals surface area contributed by atoms with Crippen LogP contribution in [0, 0.1) is 17.2 Å². The van der Waals surface area contributed by atoms with Gasteiger partial charge in [0.25, 0.3) is 0 Å². The van der Waals surface area contributed by atoms with Crippen LogP contribution >= 0.6 is 0 Å². The predicted molar refractivity (Wildman–Crippen MR) is 69.7 cm³/mol. The number of hydrogen-bond donors (Lipinski definition) is 1. The summed E-state index contributed by atoms with van der Waals surface area (Å²) < 4.78 is 0. The molecule has 2 unspecified atom stereocenters. The lowest BCUT2D eigenvalue weighted by Crippen LogP contribution is -2.12. The van der Waals surface area contributed by atoms with Crippen LogP contribution in [0.1, 0.15) is 31.4 Å². The van der Waals surface area contributed by atoms with Gasteiger partial charge in [0.15, 0.2) is 0 Å². The van der Waals surface area contributed by atoms with Crippen LogP contribution in [0.2, 0.25) is 0 Å². The van der Waals surface area contributed by atoms with E-state index in [1.165, 1.54) is 0 Å². The Kier molecular flexibility index (Phi) is 4.99. The molecule has 92 valence electrons. The number of aliphatic hydroxyl groups is 1. The van der Waals surface area contributed by atoms with Crippen molar-refractivity contribution in [2.75, 3.05) is 19.0 Å². The quantitative estimate of drug-likeness (QED) is 0.849. The van der Waals surface area contributed by atoms with Crippen molar-refractivity contribution in [3.8, 4) is 6.07 Å². The Balaban J connectivity index is 2.82. The van der Waals surface area contributed by atoms with Crippen molar-refractivity contribution in [2.24, 2.45) is 5.92 Å². The molecule has 0 aliphatic rings. The Morgan fingerprint density at radius 1 is 1.29 bits per heavy atom. The van der Waals surface area contributed by atoms with Crippen molar-refractivity contribution >= 4 is 5.69 Å². The molecular formula is C14H20N2O. The molecule has 1 aromatic rings. The van der Waals surface area contributed by atoms with Crippen LogP contribution in [0.3, 0.4) is 0 Å². The number of anilines is 1. The van der Waals surface area contributed by atoms with Crippen LogP contribution in [0.4, 0.5) is 5.69 Å². The van der Waals surface area contributed by atoms with Gasteiger partial charge >= 0.3 is 0 Å². The van der Waals surface area contributed by atoms with Gasteiger partial charge in [-0.05, 0) is 24.1 Å². The van der Waals surface area contributed by atoms with E-state index < -0.39 is 6.10 Å². The minimum Gasteiger partial charge on any atom is -0.387 e. The first-order chi connectivity index (χ1) is 8.10. The van der Waals surface area contributed by atoms with Crippen LogP contribution in [-0.4, -0.2) is 19.2 Å². The first kappa shape index (κ1) is 13.5. The molecule has 2 atom stereocenters. The fourth-order valence-corrected chi connectivity index (χ4v) is 1.81. The van der Waals surface area contributed by atoms with Crippen molar-refractivity contribution in [3.05, 3.63) is 29.8 Å². The van der Waals surface area contributed by atoms with E-state index in [2.05, 4.69) is 6.07 Å². The van der Waals surface area contributed by atoms with Gasteiger partial charge in [-0.2, -0.15) is 5.26 Å². The van der Waals surface area contributed by atoms with Crippen LogP contribution < -0.4 is 4.90 Å². The Hall–Kier alpha value is -1.53. The number of rotatable bonds is 5. The highest BCUT2D eigenvalue weighted by Crippen LogP contribution is 2.26. The topological polar surface area (TPSA) is 47.3 Å². The van der Waals surface area contributed by atoms with Gasteiger partial charge in [0.1, 0.15) is 0 Å². The summed E-state index contributed by atoms with van der Waals surface area (Å²) >= 11 is 0. The molecule has 0 aromatic heterocycles. The van der Waals surface area contributed by atoms with E-state index in [4.69, 9.17) is 5.26 Å². The van der Waals surface area contributed by atoms with Crippen molar-refractivity contribution < 1.29 is 5.11 Å². The zero-order chi connectivity index (χ0) is 12.8. The van der Waals surface area contributed by atoms with Crippen LogP contribution in [-0.2, 0) is 0 Å². The van der Waals surface area contributed by atoms with E-state index in [9.17, 15) is 5.11 Å². The highest BCUT2D eigenvalue weighted by Gasteiger charge is 2.19. The van der Waals surface area contributed by atoms with Crippen LogP contribution in [0.5, 0.6) is 0 Å². The fraction of sp³-hybridized carbons (Fsp3) is 0.500. The van der Waals surface area contributed by atoms with Gasteiger partial charge in [-0.15, -0.1) is 0 Å². The minimum atomic E-state index is -0.684.